The summed E-state index contributed by atoms with van der Waals surface area (Å²) in [6.07, 6.45) is 0.915. The van der Waals surface area contributed by atoms with E-state index >= 15 is 0 Å². The number of ether oxygens (including phenoxy) is 5. The fraction of sp³-hybridized carbons (Fsp3) is 0.405. The van der Waals surface area contributed by atoms with Crippen LogP contribution in [0.5, 0.6) is 17.2 Å². The lowest BCUT2D eigenvalue weighted by Crippen LogP contribution is -2.32. The van der Waals surface area contributed by atoms with E-state index in [9.17, 15) is 22.6 Å². The number of amides is 2. The summed E-state index contributed by atoms with van der Waals surface area (Å²) in [6.45, 7) is 3.70. The summed E-state index contributed by atoms with van der Waals surface area (Å²) in [5.41, 5.74) is 1.69. The normalized spacial score (nSPS) is 11.7. The minimum Gasteiger partial charge on any atom is -0.497 e. The Morgan fingerprint density at radius 3 is 1.84 bits per heavy atom. The molecule has 0 unspecified atom stereocenters. The minimum absolute atomic E-state index is 0.0608. The van der Waals surface area contributed by atoms with Crippen molar-refractivity contribution in [3.05, 3.63) is 83.9 Å². The van der Waals surface area contributed by atoms with Gasteiger partial charge in [0, 0.05) is 24.3 Å². The molecule has 0 aliphatic carbocycles. The molecule has 0 aliphatic rings. The molecule has 0 atom stereocenters. The van der Waals surface area contributed by atoms with Gasteiger partial charge in [-0.25, -0.2) is 18.0 Å². The van der Waals surface area contributed by atoms with E-state index in [1.54, 1.807) is 56.7 Å². The highest BCUT2D eigenvalue weighted by Gasteiger charge is 2.22. The van der Waals surface area contributed by atoms with Crippen LogP contribution >= 0.6 is 18.9 Å². The number of methoxy groups -OCH3 is 2. The molecule has 0 fully saturated rings. The number of hydrogen-bond acceptors (Lipinski definition) is 12. The van der Waals surface area contributed by atoms with Crippen molar-refractivity contribution in [2.24, 2.45) is 0 Å². The molecule has 16 nitrogen and oxygen atoms in total. The molecule has 0 radical (unpaired) electrons. The fourth-order valence-corrected chi connectivity index (χ4v) is 8.70. The van der Waals surface area contributed by atoms with E-state index < -0.39 is 36.1 Å². The maximum atomic E-state index is 12.5. The number of nitrogens with zero attached hydrogens (tertiary/aromatic N) is 1. The van der Waals surface area contributed by atoms with E-state index in [1.807, 2.05) is 29.0 Å². The number of benzene rings is 3. The summed E-state index contributed by atoms with van der Waals surface area (Å²) in [4.78, 5) is 44.8. The Morgan fingerprint density at radius 1 is 0.732 bits per heavy atom. The summed E-state index contributed by atoms with van der Waals surface area (Å²) in [5.74, 6) is 2.00. The first-order chi connectivity index (χ1) is 26.8. The minimum atomic E-state index is -4.56. The molecule has 56 heavy (non-hydrogen) atoms. The quantitative estimate of drug-likeness (QED) is 0.0441. The van der Waals surface area contributed by atoms with Gasteiger partial charge in [-0.05, 0) is 104 Å². The van der Waals surface area contributed by atoms with Crippen LogP contribution in [-0.4, -0.2) is 95.1 Å². The molecule has 5 N–H and O–H groups in total. The van der Waals surface area contributed by atoms with Crippen LogP contribution in [0.15, 0.2) is 77.0 Å². The molecule has 19 heteroatoms. The van der Waals surface area contributed by atoms with Crippen LogP contribution in [0.4, 0.5) is 9.59 Å². The molecule has 3 aromatic carbocycles. The SMILES string of the molecule is COc1ccc(COC(=O)NCCCCN(CCCNC(=O)OCc2ccc(OC)cc2)CCCOc2ccc3sc(S(=O)(=O)NCP(=O)(O)O)cc3c2)cc1. The number of sulfonamides is 1. The molecule has 0 saturated heterocycles. The van der Waals surface area contributed by atoms with Crippen LogP contribution in [0.1, 0.15) is 36.8 Å². The average Bonchev–Trinajstić information content (AvgIpc) is 3.63. The zero-order chi connectivity index (χ0) is 40.4. The van der Waals surface area contributed by atoms with Gasteiger partial charge in [-0.15, -0.1) is 11.3 Å². The third-order valence-electron chi connectivity index (χ3n) is 8.23. The molecule has 2 amide bonds. The van der Waals surface area contributed by atoms with E-state index in [1.165, 1.54) is 6.07 Å². The molecule has 0 aliphatic heterocycles. The Hall–Kier alpha value is -4.42. The van der Waals surface area contributed by atoms with Crippen molar-refractivity contribution >= 4 is 51.2 Å². The van der Waals surface area contributed by atoms with E-state index in [0.717, 1.165) is 53.3 Å². The van der Waals surface area contributed by atoms with Crippen molar-refractivity contribution in [3.8, 4) is 17.2 Å². The van der Waals surface area contributed by atoms with Crippen LogP contribution in [0.25, 0.3) is 10.1 Å². The largest absolute Gasteiger partial charge is 0.497 e. The summed E-state index contributed by atoms with van der Waals surface area (Å²) in [6, 6.07) is 21.2. The molecule has 0 saturated carbocycles. The first-order valence-electron chi connectivity index (χ1n) is 17.8. The molecule has 4 rings (SSSR count). The van der Waals surface area contributed by atoms with Gasteiger partial charge in [-0.3, -0.25) is 4.57 Å². The van der Waals surface area contributed by atoms with Gasteiger partial charge >= 0.3 is 19.8 Å². The second-order valence-corrected chi connectivity index (χ2v) is 17.3. The zero-order valence-corrected chi connectivity index (χ0v) is 33.8. The summed E-state index contributed by atoms with van der Waals surface area (Å²) >= 11 is 0.987. The molecular formula is C37H49N4O12PS2. The van der Waals surface area contributed by atoms with Crippen molar-refractivity contribution in [2.45, 2.75) is 43.1 Å². The molecule has 4 aromatic rings. The number of fused-ring (bicyclic) bond motifs is 1. The van der Waals surface area contributed by atoms with Gasteiger partial charge in [0.15, 0.2) is 0 Å². The van der Waals surface area contributed by atoms with Crippen molar-refractivity contribution in [2.75, 3.05) is 59.8 Å². The molecule has 306 valence electrons. The van der Waals surface area contributed by atoms with Gasteiger partial charge in [0.05, 0.1) is 20.8 Å². The topological polar surface area (TPSA) is 211 Å². The van der Waals surface area contributed by atoms with Crippen LogP contribution in [0.2, 0.25) is 0 Å². The summed E-state index contributed by atoms with van der Waals surface area (Å²) in [5, 5.41) is 6.21. The second-order valence-electron chi connectivity index (χ2n) is 12.5. The predicted molar refractivity (Wildman–Crippen MR) is 212 cm³/mol. The van der Waals surface area contributed by atoms with Crippen molar-refractivity contribution in [1.82, 2.24) is 20.3 Å². The lowest BCUT2D eigenvalue weighted by atomic mass is 10.2. The highest BCUT2D eigenvalue weighted by Crippen LogP contribution is 2.35. The van der Waals surface area contributed by atoms with Gasteiger partial charge in [0.1, 0.15) is 41.0 Å². The first-order valence-corrected chi connectivity index (χ1v) is 21.9. The lowest BCUT2D eigenvalue weighted by molar-refractivity contribution is 0.137. The van der Waals surface area contributed by atoms with Crippen LogP contribution < -0.4 is 29.6 Å². The van der Waals surface area contributed by atoms with Crippen LogP contribution in [0, 0.1) is 0 Å². The predicted octanol–water partition coefficient (Wildman–Crippen LogP) is 5.43. The number of carbonyl (C=O) groups is 2. The Labute approximate surface area is 330 Å². The zero-order valence-electron chi connectivity index (χ0n) is 31.3. The molecule has 1 heterocycles. The Kier molecular flexibility index (Phi) is 17.7. The second kappa shape index (κ2) is 22.4. The molecular weight excluding hydrogens is 788 g/mol. The number of carbonyl (C=O) groups excluding carboxylic acids is 2. The Bertz CT molecular complexity index is 1990. The van der Waals surface area contributed by atoms with Crippen molar-refractivity contribution in [3.63, 3.8) is 0 Å². The molecule has 0 spiro atoms. The first kappa shape index (κ1) is 44.3. The van der Waals surface area contributed by atoms with E-state index in [4.69, 9.17) is 33.5 Å². The maximum Gasteiger partial charge on any atom is 0.407 e. The lowest BCUT2D eigenvalue weighted by Gasteiger charge is -2.22. The van der Waals surface area contributed by atoms with Crippen LogP contribution in [0.3, 0.4) is 0 Å². The highest BCUT2D eigenvalue weighted by molar-refractivity contribution is 7.92. The number of alkyl carbamates (subject to hydrolysis) is 2. The van der Waals surface area contributed by atoms with Gasteiger partial charge in [-0.2, -0.15) is 4.72 Å². The van der Waals surface area contributed by atoms with E-state index in [-0.39, 0.29) is 17.4 Å². The van der Waals surface area contributed by atoms with Crippen molar-refractivity contribution in [1.29, 1.82) is 0 Å². The molecule has 1 aromatic heterocycles. The Balaban J connectivity index is 1.21. The third kappa shape index (κ3) is 16.0. The number of hydrogen-bond donors (Lipinski definition) is 5. The van der Waals surface area contributed by atoms with E-state index in [2.05, 4.69) is 15.5 Å². The summed E-state index contributed by atoms with van der Waals surface area (Å²) < 4.78 is 65.7. The number of nitrogens with one attached hydrogen (secondary N) is 3. The fourth-order valence-electron chi connectivity index (χ4n) is 5.26. The van der Waals surface area contributed by atoms with Gasteiger partial charge in [-0.1, -0.05) is 24.3 Å². The smallest absolute Gasteiger partial charge is 0.407 e. The molecule has 0 bridgehead atoms. The van der Waals surface area contributed by atoms with Crippen LogP contribution in [-0.2, 0) is 37.3 Å². The highest BCUT2D eigenvalue weighted by atomic mass is 32.2. The van der Waals surface area contributed by atoms with E-state index in [0.29, 0.717) is 61.5 Å². The standard InChI is InChI=1S/C37H49N4O12PS2/c1-49-31-11-7-28(8-12-31)25-52-36(42)38-17-3-4-19-41(20-5-18-39-37(43)53-26-29-9-13-32(50-2)14-10-29)21-6-22-51-33-15-16-34-30(23-33)24-35(55-34)56(47,48)40-27-54(44,45)46/h7-16,23-24,40H,3-6,17-22,25-27H2,1-2H3,(H,38,42)(H,39,43)(H2,44,45,46). The maximum absolute atomic E-state index is 12.5. The average molecular weight is 837 g/mol. The van der Waals surface area contributed by atoms with Gasteiger partial charge in [0.25, 0.3) is 10.0 Å². The third-order valence-corrected chi connectivity index (χ3v) is 12.0. The van der Waals surface area contributed by atoms with Crippen molar-refractivity contribution < 1.29 is 56.0 Å². The number of rotatable bonds is 24. The van der Waals surface area contributed by atoms with Gasteiger partial charge < -0.3 is 49.0 Å². The van der Waals surface area contributed by atoms with Gasteiger partial charge in [0.2, 0.25) is 0 Å². The summed E-state index contributed by atoms with van der Waals surface area (Å²) in [7, 11) is -5.48. The monoisotopic (exact) mass is 836 g/mol. The Morgan fingerprint density at radius 2 is 1.27 bits per heavy atom. The number of thiophene rings is 1. The number of unbranched alkanes of at least 4 members (excludes halogenated alkanes) is 1.